The van der Waals surface area contributed by atoms with E-state index >= 15 is 0 Å². The van der Waals surface area contributed by atoms with Crippen molar-refractivity contribution in [3.63, 3.8) is 0 Å². The highest BCUT2D eigenvalue weighted by molar-refractivity contribution is 7.26. The van der Waals surface area contributed by atoms with E-state index in [1.54, 1.807) is 0 Å². The number of aromatic nitrogens is 3. The first-order valence-corrected chi connectivity index (χ1v) is 17.5. The molecule has 0 aliphatic carbocycles. The quantitative estimate of drug-likeness (QED) is 0.132. The number of hydrogen-bond acceptors (Lipinski definition) is 2. The molecule has 0 N–H and O–H groups in total. The molecule has 3 nitrogen and oxygen atoms in total. The Hall–Kier alpha value is -5.62. The first kappa shape index (κ1) is 25.6. The zero-order chi connectivity index (χ0) is 30.6. The van der Waals surface area contributed by atoms with E-state index in [1.165, 1.54) is 90.7 Å². The fourth-order valence-electron chi connectivity index (χ4n) is 7.61. The number of rotatable bonds is 2. The molecule has 0 aliphatic heterocycles. The molecule has 220 valence electrons. The van der Waals surface area contributed by atoms with Crippen LogP contribution in [0.25, 0.3) is 90.7 Å². The van der Waals surface area contributed by atoms with Gasteiger partial charge in [0.15, 0.2) is 0 Å². The number of nitrogens with zero attached hydrogens (tertiary/aromatic N) is 3. The Bertz CT molecular complexity index is 2860. The highest BCUT2D eigenvalue weighted by atomic mass is 32.1. The third-order valence-electron chi connectivity index (χ3n) is 9.63. The molecule has 0 amide bonds. The maximum atomic E-state index is 2.57. The summed E-state index contributed by atoms with van der Waals surface area (Å²) in [4.78, 5) is 0. The molecule has 4 heterocycles. The average Bonchev–Trinajstić information content (AvgIpc) is 3.14. The molecule has 0 atom stereocenters. The molecule has 0 saturated heterocycles. The minimum atomic E-state index is 1.19. The van der Waals surface area contributed by atoms with Crippen LogP contribution >= 0.6 is 22.7 Å². The van der Waals surface area contributed by atoms with Crippen LogP contribution in [0.4, 0.5) is 0 Å². The molecule has 0 fully saturated rings. The normalized spacial score (nSPS) is 12.3. The Morgan fingerprint density at radius 3 is 1.19 bits per heavy atom. The lowest BCUT2D eigenvalue weighted by Gasteiger charge is -2.24. The van der Waals surface area contributed by atoms with Crippen LogP contribution in [0.15, 0.2) is 152 Å². The Kier molecular flexibility index (Phi) is 5.14. The molecule has 5 heteroatoms. The molecular weight excluding hydrogens is 611 g/mol. The standard InChI is InChI=1S/C42H25N3S2/c1-3-11-26(12-4-1)28-19-21-30-34(23-28)45-35-24-29(27-13-5-2-6-14-27)20-22-31(35)44-33-16-8-10-18-37(33)47-39-25-38-40(42(45)41(39)44)43(30)32-15-7-9-17-36(32)46-38/h1-25H. The van der Waals surface area contributed by atoms with Crippen LogP contribution in [-0.4, -0.2) is 13.2 Å². The Balaban J connectivity index is 1.49. The summed E-state index contributed by atoms with van der Waals surface area (Å²) in [6.07, 6.45) is 0. The summed E-state index contributed by atoms with van der Waals surface area (Å²) in [6, 6.07) is 55.7. The van der Waals surface area contributed by atoms with E-state index in [4.69, 9.17) is 0 Å². The van der Waals surface area contributed by atoms with Gasteiger partial charge in [-0.25, -0.2) is 0 Å². The van der Waals surface area contributed by atoms with Crippen molar-refractivity contribution >= 4 is 91.1 Å². The topological polar surface area (TPSA) is 13.2 Å². The predicted octanol–water partition coefficient (Wildman–Crippen LogP) is 12.2. The van der Waals surface area contributed by atoms with Gasteiger partial charge in [-0.15, -0.1) is 22.7 Å². The lowest BCUT2D eigenvalue weighted by atomic mass is 10.0. The van der Waals surface area contributed by atoms with Crippen LogP contribution in [-0.2, 0) is 0 Å². The second kappa shape index (κ2) is 9.46. The van der Waals surface area contributed by atoms with Gasteiger partial charge in [0.2, 0.25) is 0 Å². The van der Waals surface area contributed by atoms with Crippen LogP contribution in [0.5, 0.6) is 0 Å². The van der Waals surface area contributed by atoms with Gasteiger partial charge in [0.25, 0.3) is 0 Å². The summed E-state index contributed by atoms with van der Waals surface area (Å²) >= 11 is 3.77. The lowest BCUT2D eigenvalue weighted by Crippen LogP contribution is -2.08. The number of para-hydroxylation sites is 2. The van der Waals surface area contributed by atoms with Crippen molar-refractivity contribution in [2.45, 2.75) is 0 Å². The summed E-state index contributed by atoms with van der Waals surface area (Å²) < 4.78 is 12.7. The van der Waals surface area contributed by atoms with Crippen LogP contribution in [0, 0.1) is 0 Å². The molecule has 11 rings (SSSR count). The second-order valence-electron chi connectivity index (χ2n) is 12.2. The maximum Gasteiger partial charge on any atom is 0.0977 e. The molecule has 0 spiro atoms. The summed E-state index contributed by atoms with van der Waals surface area (Å²) in [5.41, 5.74) is 15.8. The molecule has 0 unspecified atom stereocenters. The zero-order valence-electron chi connectivity index (χ0n) is 25.1. The maximum absolute atomic E-state index is 2.57. The Morgan fingerprint density at radius 1 is 0.277 bits per heavy atom. The van der Waals surface area contributed by atoms with Gasteiger partial charge in [-0.05, 0) is 76.9 Å². The summed E-state index contributed by atoms with van der Waals surface area (Å²) in [5, 5.41) is 0. The summed E-state index contributed by atoms with van der Waals surface area (Å²) in [7, 11) is 0. The average molecular weight is 636 g/mol. The van der Waals surface area contributed by atoms with Crippen molar-refractivity contribution in [3.8, 4) is 22.3 Å². The van der Waals surface area contributed by atoms with Crippen LogP contribution in [0.1, 0.15) is 0 Å². The number of fused-ring (bicyclic) bond motifs is 10. The van der Waals surface area contributed by atoms with E-state index in [-0.39, 0.29) is 0 Å². The van der Waals surface area contributed by atoms with Gasteiger partial charge in [0, 0.05) is 0 Å². The zero-order valence-corrected chi connectivity index (χ0v) is 26.7. The summed E-state index contributed by atoms with van der Waals surface area (Å²) in [5.74, 6) is 0. The number of hydrogen-bond donors (Lipinski definition) is 0. The minimum absolute atomic E-state index is 1.19. The monoisotopic (exact) mass is 635 g/mol. The van der Waals surface area contributed by atoms with Gasteiger partial charge in [0.05, 0.1) is 68.4 Å². The van der Waals surface area contributed by atoms with Crippen molar-refractivity contribution in [2.75, 3.05) is 0 Å². The van der Waals surface area contributed by atoms with Gasteiger partial charge in [-0.2, -0.15) is 0 Å². The van der Waals surface area contributed by atoms with Crippen molar-refractivity contribution in [3.05, 3.63) is 152 Å². The van der Waals surface area contributed by atoms with Gasteiger partial charge in [-0.3, -0.25) is 0 Å². The minimum Gasteiger partial charge on any atom is -0.304 e. The fraction of sp³-hybridized carbons (Fsp3) is 0. The smallest absolute Gasteiger partial charge is 0.0977 e. The summed E-state index contributed by atoms with van der Waals surface area (Å²) in [6.45, 7) is 0. The second-order valence-corrected chi connectivity index (χ2v) is 14.4. The van der Waals surface area contributed by atoms with Crippen LogP contribution in [0.3, 0.4) is 0 Å². The first-order chi connectivity index (χ1) is 23.3. The van der Waals surface area contributed by atoms with Gasteiger partial charge < -0.3 is 13.2 Å². The van der Waals surface area contributed by atoms with E-state index in [0.29, 0.717) is 0 Å². The molecule has 0 saturated carbocycles. The highest BCUT2D eigenvalue weighted by Gasteiger charge is 2.23. The van der Waals surface area contributed by atoms with Gasteiger partial charge in [-0.1, -0.05) is 97.1 Å². The van der Waals surface area contributed by atoms with Crippen molar-refractivity contribution in [2.24, 2.45) is 0 Å². The first-order valence-electron chi connectivity index (χ1n) is 15.9. The largest absolute Gasteiger partial charge is 0.304 e. The Morgan fingerprint density at radius 2 is 0.702 bits per heavy atom. The predicted molar refractivity (Wildman–Crippen MR) is 202 cm³/mol. The van der Waals surface area contributed by atoms with Crippen molar-refractivity contribution in [1.29, 1.82) is 0 Å². The highest BCUT2D eigenvalue weighted by Crippen LogP contribution is 2.44. The van der Waals surface area contributed by atoms with E-state index in [9.17, 15) is 0 Å². The number of benzene rings is 7. The van der Waals surface area contributed by atoms with E-state index in [0.717, 1.165) is 0 Å². The van der Waals surface area contributed by atoms with Gasteiger partial charge >= 0.3 is 0 Å². The fourth-order valence-corrected chi connectivity index (χ4v) is 9.90. The van der Waals surface area contributed by atoms with Crippen molar-refractivity contribution < 1.29 is 0 Å². The molecule has 7 aromatic carbocycles. The van der Waals surface area contributed by atoms with E-state index < -0.39 is 0 Å². The SMILES string of the molecule is c1ccc(-c2ccc3c(c2)n2c4cc(-c5ccccc5)ccc4n4c5ccccc5sc5cc6sc7ccccc7n3c6c2c54)cc1. The lowest BCUT2D eigenvalue weighted by molar-refractivity contribution is 1.20. The molecule has 0 radical (unpaired) electrons. The molecule has 11 aromatic rings. The molecule has 0 aliphatic rings. The van der Waals surface area contributed by atoms with Crippen LogP contribution < -0.4 is 0 Å². The Labute approximate surface area is 277 Å². The van der Waals surface area contributed by atoms with Crippen molar-refractivity contribution in [1.82, 2.24) is 13.2 Å². The van der Waals surface area contributed by atoms with E-state index in [2.05, 4.69) is 165 Å². The van der Waals surface area contributed by atoms with Crippen LogP contribution in [0.2, 0.25) is 0 Å². The molecular formula is C42H25N3S2. The molecule has 4 aromatic heterocycles. The third-order valence-corrected chi connectivity index (χ3v) is 11.8. The van der Waals surface area contributed by atoms with E-state index in [1.807, 2.05) is 22.7 Å². The third kappa shape index (κ3) is 3.50. The molecule has 0 bridgehead atoms. The van der Waals surface area contributed by atoms with Gasteiger partial charge in [0.1, 0.15) is 0 Å². The molecule has 47 heavy (non-hydrogen) atoms.